The second kappa shape index (κ2) is 3.69. The monoisotopic (exact) mass is 268 g/mol. The fourth-order valence-electron chi connectivity index (χ4n) is 3.01. The van der Waals surface area contributed by atoms with Crippen molar-refractivity contribution in [2.45, 2.75) is 12.7 Å². The second-order valence-electron chi connectivity index (χ2n) is 5.06. The predicted octanol–water partition coefficient (Wildman–Crippen LogP) is 2.10. The highest BCUT2D eigenvalue weighted by atomic mass is 16.7. The highest BCUT2D eigenvalue weighted by molar-refractivity contribution is 6.14. The third kappa shape index (κ3) is 1.25. The van der Waals surface area contributed by atoms with E-state index in [9.17, 15) is 9.90 Å². The lowest BCUT2D eigenvalue weighted by atomic mass is 9.78. The van der Waals surface area contributed by atoms with E-state index in [0.717, 1.165) is 5.56 Å². The molecule has 0 fully saturated rings. The minimum Gasteiger partial charge on any atom is -0.467 e. The van der Waals surface area contributed by atoms with Gasteiger partial charge in [-0.05, 0) is 18.6 Å². The van der Waals surface area contributed by atoms with E-state index in [1.165, 1.54) is 0 Å². The van der Waals surface area contributed by atoms with Gasteiger partial charge < -0.3 is 14.6 Å². The van der Waals surface area contributed by atoms with Crippen molar-refractivity contribution in [3.05, 3.63) is 64.2 Å². The number of carbonyl (C=O) groups excluding carboxylic acids is 1. The Hall–Kier alpha value is -2.17. The van der Waals surface area contributed by atoms with Gasteiger partial charge in [-0.3, -0.25) is 4.79 Å². The first-order valence-corrected chi connectivity index (χ1v) is 6.40. The predicted molar refractivity (Wildman–Crippen MR) is 70.6 cm³/mol. The molecule has 0 spiro atoms. The number of aryl methyl sites for hydroxylation is 1. The maximum Gasteiger partial charge on any atom is 0.228 e. The lowest BCUT2D eigenvalue weighted by Crippen LogP contribution is -2.42. The molecule has 4 nitrogen and oxygen atoms in total. The summed E-state index contributed by atoms with van der Waals surface area (Å²) in [5.41, 5.74) is 2.66. The van der Waals surface area contributed by atoms with E-state index < -0.39 is 5.79 Å². The maximum atomic E-state index is 12.7. The highest BCUT2D eigenvalue weighted by Gasteiger charge is 2.48. The zero-order valence-corrected chi connectivity index (χ0v) is 10.8. The molecule has 100 valence electrons. The van der Waals surface area contributed by atoms with Crippen LogP contribution < -0.4 is 4.74 Å². The van der Waals surface area contributed by atoms with Gasteiger partial charge in [0.1, 0.15) is 5.75 Å². The van der Waals surface area contributed by atoms with Crippen LogP contribution in [0.2, 0.25) is 0 Å². The summed E-state index contributed by atoms with van der Waals surface area (Å²) in [6.07, 6.45) is 0. The van der Waals surface area contributed by atoms with Gasteiger partial charge in [-0.25, -0.2) is 0 Å². The standard InChI is InChI=1S/C16H12O4/c1-9-6-7-12-14-13(9)15(17)10-4-2-3-5-11(10)16(14,18)20-8-19-12/h2-7,18H,8H2,1H3. The first kappa shape index (κ1) is 11.6. The number of ether oxygens (including phenoxy) is 2. The van der Waals surface area contributed by atoms with Crippen molar-refractivity contribution >= 4 is 5.78 Å². The van der Waals surface area contributed by atoms with Crippen molar-refractivity contribution in [1.82, 2.24) is 0 Å². The van der Waals surface area contributed by atoms with Crippen LogP contribution in [0.5, 0.6) is 5.75 Å². The molecule has 1 unspecified atom stereocenters. The molecule has 0 radical (unpaired) electrons. The van der Waals surface area contributed by atoms with E-state index >= 15 is 0 Å². The smallest absolute Gasteiger partial charge is 0.228 e. The van der Waals surface area contributed by atoms with Gasteiger partial charge >= 0.3 is 0 Å². The number of carbonyl (C=O) groups is 1. The summed E-state index contributed by atoms with van der Waals surface area (Å²) in [4.78, 5) is 12.7. The summed E-state index contributed by atoms with van der Waals surface area (Å²) in [6.45, 7) is 1.80. The summed E-state index contributed by atoms with van der Waals surface area (Å²) < 4.78 is 10.9. The largest absolute Gasteiger partial charge is 0.467 e. The molecule has 2 aliphatic rings. The Bertz CT molecular complexity index is 750. The summed E-state index contributed by atoms with van der Waals surface area (Å²) in [5.74, 6) is -1.21. The van der Waals surface area contributed by atoms with E-state index in [1.807, 2.05) is 13.0 Å². The Morgan fingerprint density at radius 1 is 1.20 bits per heavy atom. The molecule has 0 aromatic heterocycles. The summed E-state index contributed by atoms with van der Waals surface area (Å²) >= 11 is 0. The number of hydrogen-bond acceptors (Lipinski definition) is 4. The second-order valence-corrected chi connectivity index (χ2v) is 5.06. The Labute approximate surface area is 115 Å². The van der Waals surface area contributed by atoms with Crippen molar-refractivity contribution in [1.29, 1.82) is 0 Å². The fraction of sp³-hybridized carbons (Fsp3) is 0.188. The van der Waals surface area contributed by atoms with Crippen LogP contribution in [0.4, 0.5) is 0 Å². The van der Waals surface area contributed by atoms with E-state index in [2.05, 4.69) is 0 Å². The van der Waals surface area contributed by atoms with E-state index in [0.29, 0.717) is 28.0 Å². The highest BCUT2D eigenvalue weighted by Crippen LogP contribution is 2.47. The van der Waals surface area contributed by atoms with Crippen molar-refractivity contribution in [3.63, 3.8) is 0 Å². The van der Waals surface area contributed by atoms with Crippen LogP contribution in [0.1, 0.15) is 32.6 Å². The van der Waals surface area contributed by atoms with E-state index in [-0.39, 0.29) is 12.6 Å². The molecular weight excluding hydrogens is 256 g/mol. The quantitative estimate of drug-likeness (QED) is 0.795. The minimum atomic E-state index is -1.61. The molecule has 1 aliphatic carbocycles. The van der Waals surface area contributed by atoms with Crippen LogP contribution in [0.15, 0.2) is 36.4 Å². The minimum absolute atomic E-state index is 0.0471. The van der Waals surface area contributed by atoms with Crippen LogP contribution >= 0.6 is 0 Å². The lowest BCUT2D eigenvalue weighted by molar-refractivity contribution is -0.229. The Kier molecular flexibility index (Phi) is 2.14. The van der Waals surface area contributed by atoms with Crippen LogP contribution in [-0.2, 0) is 10.5 Å². The van der Waals surface area contributed by atoms with Gasteiger partial charge in [0, 0.05) is 16.7 Å². The van der Waals surface area contributed by atoms with Gasteiger partial charge in [0.15, 0.2) is 12.6 Å². The topological polar surface area (TPSA) is 55.8 Å². The summed E-state index contributed by atoms with van der Waals surface area (Å²) in [5, 5.41) is 11.0. The van der Waals surface area contributed by atoms with Gasteiger partial charge in [0.05, 0.1) is 5.56 Å². The molecule has 4 heteroatoms. The van der Waals surface area contributed by atoms with Crippen LogP contribution in [0, 0.1) is 6.92 Å². The molecule has 0 saturated heterocycles. The van der Waals surface area contributed by atoms with Crippen molar-refractivity contribution < 1.29 is 19.4 Å². The average Bonchev–Trinajstić information content (AvgIpc) is 2.46. The van der Waals surface area contributed by atoms with Gasteiger partial charge in [-0.1, -0.05) is 30.3 Å². The molecule has 1 aliphatic heterocycles. The number of rotatable bonds is 0. The first-order chi connectivity index (χ1) is 9.63. The zero-order valence-electron chi connectivity index (χ0n) is 10.8. The van der Waals surface area contributed by atoms with Crippen LogP contribution in [0.25, 0.3) is 0 Å². The lowest BCUT2D eigenvalue weighted by Gasteiger charge is -2.39. The number of aliphatic hydroxyl groups is 1. The third-order valence-corrected chi connectivity index (χ3v) is 3.96. The zero-order chi connectivity index (χ0) is 13.9. The SMILES string of the molecule is Cc1ccc2c3c1C(=O)c1ccccc1C3(O)OCO2. The summed E-state index contributed by atoms with van der Waals surface area (Å²) in [6, 6.07) is 10.6. The van der Waals surface area contributed by atoms with Crippen LogP contribution in [0.3, 0.4) is 0 Å². The molecule has 2 aromatic rings. The maximum absolute atomic E-state index is 12.7. The molecule has 2 aromatic carbocycles. The fourth-order valence-corrected chi connectivity index (χ4v) is 3.01. The Morgan fingerprint density at radius 3 is 2.85 bits per heavy atom. The average molecular weight is 268 g/mol. The molecule has 1 atom stereocenters. The van der Waals surface area contributed by atoms with E-state index in [4.69, 9.17) is 9.47 Å². The van der Waals surface area contributed by atoms with Gasteiger partial charge in [-0.15, -0.1) is 0 Å². The Morgan fingerprint density at radius 2 is 2.00 bits per heavy atom. The third-order valence-electron chi connectivity index (χ3n) is 3.96. The molecule has 0 bridgehead atoms. The Balaban J connectivity index is 2.16. The number of fused-ring (bicyclic) bond motifs is 2. The molecule has 1 N–H and O–H groups in total. The molecule has 0 saturated carbocycles. The molecule has 1 heterocycles. The van der Waals surface area contributed by atoms with Crippen molar-refractivity contribution in [3.8, 4) is 5.75 Å². The van der Waals surface area contributed by atoms with E-state index in [1.54, 1.807) is 30.3 Å². The normalized spacial score (nSPS) is 22.8. The molecular formula is C16H12O4. The number of hydrogen-bond donors (Lipinski definition) is 1. The van der Waals surface area contributed by atoms with Gasteiger partial charge in [0.2, 0.25) is 5.79 Å². The number of benzene rings is 2. The molecule has 20 heavy (non-hydrogen) atoms. The van der Waals surface area contributed by atoms with Gasteiger partial charge in [-0.2, -0.15) is 0 Å². The molecule has 0 amide bonds. The van der Waals surface area contributed by atoms with Crippen molar-refractivity contribution in [2.24, 2.45) is 0 Å². The number of ketones is 1. The van der Waals surface area contributed by atoms with Gasteiger partial charge in [0.25, 0.3) is 0 Å². The first-order valence-electron chi connectivity index (χ1n) is 6.40. The van der Waals surface area contributed by atoms with Crippen LogP contribution in [-0.4, -0.2) is 17.7 Å². The molecule has 4 rings (SSSR count). The summed E-state index contributed by atoms with van der Waals surface area (Å²) in [7, 11) is 0. The van der Waals surface area contributed by atoms with Crippen molar-refractivity contribution in [2.75, 3.05) is 6.79 Å².